The van der Waals surface area contributed by atoms with E-state index in [0.29, 0.717) is 0 Å². The third-order valence-electron chi connectivity index (χ3n) is 0.949. The molecule has 3 N–H and O–H groups in total. The first-order valence-corrected chi connectivity index (χ1v) is 3.01. The van der Waals surface area contributed by atoms with Crippen LogP contribution in [0.4, 0.5) is 0 Å². The van der Waals surface area contributed by atoms with Crippen molar-refractivity contribution >= 4 is 12.2 Å². The number of nitrogens with two attached hydrogens (primary N) is 1. The molecule has 0 aliphatic carbocycles. The van der Waals surface area contributed by atoms with Crippen molar-refractivity contribution < 1.29 is 9.59 Å². The van der Waals surface area contributed by atoms with Gasteiger partial charge in [0.05, 0.1) is 12.1 Å². The van der Waals surface area contributed by atoms with Crippen LogP contribution in [0.1, 0.15) is 13.8 Å². The Morgan fingerprint density at radius 2 is 2.10 bits per heavy atom. The molecule has 1 radical (unpaired) electrons. The summed E-state index contributed by atoms with van der Waals surface area (Å²) < 4.78 is 0. The molecule has 10 heavy (non-hydrogen) atoms. The van der Waals surface area contributed by atoms with Crippen molar-refractivity contribution in [2.45, 2.75) is 25.9 Å². The highest BCUT2D eigenvalue weighted by Crippen LogP contribution is 1.78. The average Bonchev–Trinajstić information content (AvgIpc) is 1.87. The van der Waals surface area contributed by atoms with Crippen LogP contribution in [0.15, 0.2) is 0 Å². The molecule has 0 aromatic heterocycles. The second-order valence-corrected chi connectivity index (χ2v) is 2.14. The van der Waals surface area contributed by atoms with Gasteiger partial charge in [-0.2, -0.15) is 0 Å². The smallest absolute Gasteiger partial charge is 0.237 e. The number of carbonyl (C=O) groups is 1. The Balaban J connectivity index is 3.68. The van der Waals surface area contributed by atoms with E-state index in [1.807, 2.05) is 0 Å². The van der Waals surface area contributed by atoms with Gasteiger partial charge in [0.1, 0.15) is 0 Å². The Morgan fingerprint density at radius 1 is 1.60 bits per heavy atom. The van der Waals surface area contributed by atoms with Gasteiger partial charge in [-0.1, -0.05) is 0 Å². The fourth-order valence-corrected chi connectivity index (χ4v) is 0.374. The Kier molecular flexibility index (Phi) is 3.64. The molecule has 4 nitrogen and oxygen atoms in total. The third kappa shape index (κ3) is 3.19. The minimum absolute atomic E-state index is 0.337. The second-order valence-electron chi connectivity index (χ2n) is 2.14. The summed E-state index contributed by atoms with van der Waals surface area (Å²) in [5, 5.41) is 2.34. The molecule has 0 aromatic rings. The number of hydrogen-bond donors (Lipinski definition) is 2. The van der Waals surface area contributed by atoms with Crippen LogP contribution in [0.25, 0.3) is 0 Å². The van der Waals surface area contributed by atoms with Crippen molar-refractivity contribution in [1.29, 1.82) is 0 Å². The maximum absolute atomic E-state index is 10.7. The lowest BCUT2D eigenvalue weighted by atomic mass is 10.3. The highest BCUT2D eigenvalue weighted by atomic mass is 16.2. The summed E-state index contributed by atoms with van der Waals surface area (Å²) in [5.74, 6) is -0.337. The quantitative estimate of drug-likeness (QED) is 0.529. The van der Waals surface area contributed by atoms with E-state index >= 15 is 0 Å². The van der Waals surface area contributed by atoms with Gasteiger partial charge in [0.25, 0.3) is 0 Å². The standard InChI is InChI=1S/C6H11N2O2/c1-4(3-9)8-6(10)5(2)7/h4-5H,7H2,1-2H3,(H,8,10). The SMILES string of the molecule is CC([C]=O)NC(=O)C(C)N. The number of rotatable bonds is 3. The van der Waals surface area contributed by atoms with Gasteiger partial charge in [-0.15, -0.1) is 0 Å². The Labute approximate surface area is 59.8 Å². The molecule has 0 spiro atoms. The molecule has 0 bridgehead atoms. The zero-order valence-corrected chi connectivity index (χ0v) is 6.05. The molecule has 0 saturated carbocycles. The Morgan fingerprint density at radius 3 is 2.40 bits per heavy atom. The minimum Gasteiger partial charge on any atom is -0.345 e. The van der Waals surface area contributed by atoms with E-state index in [1.165, 1.54) is 6.92 Å². The molecule has 1 amide bonds. The van der Waals surface area contributed by atoms with Crippen LogP contribution in [-0.2, 0) is 9.59 Å². The third-order valence-corrected chi connectivity index (χ3v) is 0.949. The Hall–Kier alpha value is -0.900. The molecule has 0 saturated heterocycles. The molecule has 0 heterocycles. The first kappa shape index (κ1) is 9.10. The van der Waals surface area contributed by atoms with Gasteiger partial charge in [0.2, 0.25) is 12.2 Å². The highest BCUT2D eigenvalue weighted by Gasteiger charge is 2.09. The molecule has 0 aliphatic heterocycles. The van der Waals surface area contributed by atoms with Crippen LogP contribution in [0.2, 0.25) is 0 Å². The predicted octanol–water partition coefficient (Wildman–Crippen LogP) is -1.05. The van der Waals surface area contributed by atoms with Crippen LogP contribution >= 0.6 is 0 Å². The van der Waals surface area contributed by atoms with Gasteiger partial charge in [0.15, 0.2) is 0 Å². The van der Waals surface area contributed by atoms with Crippen LogP contribution in [-0.4, -0.2) is 24.3 Å². The number of nitrogens with one attached hydrogen (secondary N) is 1. The first-order valence-electron chi connectivity index (χ1n) is 3.01. The first-order chi connectivity index (χ1) is 4.57. The van der Waals surface area contributed by atoms with Crippen molar-refractivity contribution in [3.8, 4) is 0 Å². The zero-order chi connectivity index (χ0) is 8.15. The van der Waals surface area contributed by atoms with E-state index < -0.39 is 12.1 Å². The van der Waals surface area contributed by atoms with E-state index in [2.05, 4.69) is 5.32 Å². The summed E-state index contributed by atoms with van der Waals surface area (Å²) in [6, 6.07) is -1.14. The van der Waals surface area contributed by atoms with Crippen molar-refractivity contribution in [1.82, 2.24) is 5.32 Å². The number of hydrogen-bond acceptors (Lipinski definition) is 3. The molecular weight excluding hydrogens is 132 g/mol. The van der Waals surface area contributed by atoms with Crippen LogP contribution in [0.3, 0.4) is 0 Å². The highest BCUT2D eigenvalue weighted by molar-refractivity contribution is 5.83. The topological polar surface area (TPSA) is 72.2 Å². The minimum atomic E-state index is -0.573. The molecule has 0 rings (SSSR count). The van der Waals surface area contributed by atoms with Gasteiger partial charge < -0.3 is 11.1 Å². The lowest BCUT2D eigenvalue weighted by Gasteiger charge is -2.08. The molecule has 0 fully saturated rings. The van der Waals surface area contributed by atoms with Crippen molar-refractivity contribution in [2.24, 2.45) is 5.73 Å². The summed E-state index contributed by atoms with van der Waals surface area (Å²) in [6.07, 6.45) is 1.61. The monoisotopic (exact) mass is 143 g/mol. The maximum Gasteiger partial charge on any atom is 0.237 e. The lowest BCUT2D eigenvalue weighted by Crippen LogP contribution is -2.43. The number of amides is 1. The molecular formula is C6H11N2O2. The van der Waals surface area contributed by atoms with E-state index in [-0.39, 0.29) is 5.91 Å². The van der Waals surface area contributed by atoms with Crippen molar-refractivity contribution in [3.05, 3.63) is 0 Å². The molecule has 57 valence electrons. The summed E-state index contributed by atoms with van der Waals surface area (Å²) >= 11 is 0. The predicted molar refractivity (Wildman–Crippen MR) is 36.9 cm³/mol. The summed E-state index contributed by atoms with van der Waals surface area (Å²) in [7, 11) is 0. The molecule has 2 unspecified atom stereocenters. The molecule has 2 atom stereocenters. The molecule has 0 aromatic carbocycles. The van der Waals surface area contributed by atoms with E-state index in [1.54, 1.807) is 13.2 Å². The van der Waals surface area contributed by atoms with Gasteiger partial charge in [-0.05, 0) is 13.8 Å². The fraction of sp³-hybridized carbons (Fsp3) is 0.667. The van der Waals surface area contributed by atoms with Crippen molar-refractivity contribution in [2.75, 3.05) is 0 Å². The van der Waals surface area contributed by atoms with Gasteiger partial charge in [0, 0.05) is 0 Å². The van der Waals surface area contributed by atoms with Crippen molar-refractivity contribution in [3.63, 3.8) is 0 Å². The summed E-state index contributed by atoms with van der Waals surface area (Å²) in [5.41, 5.74) is 5.20. The average molecular weight is 143 g/mol. The maximum atomic E-state index is 10.7. The van der Waals surface area contributed by atoms with Gasteiger partial charge in [-0.25, -0.2) is 0 Å². The van der Waals surface area contributed by atoms with Crippen LogP contribution < -0.4 is 11.1 Å². The van der Waals surface area contributed by atoms with E-state index in [0.717, 1.165) is 0 Å². The van der Waals surface area contributed by atoms with Gasteiger partial charge >= 0.3 is 0 Å². The molecule has 0 aliphatic rings. The normalized spacial score (nSPS) is 15.5. The van der Waals surface area contributed by atoms with E-state index in [9.17, 15) is 9.59 Å². The Bertz CT molecular complexity index is 134. The molecule has 4 heteroatoms. The lowest BCUT2D eigenvalue weighted by molar-refractivity contribution is -0.122. The summed E-state index contributed by atoms with van der Waals surface area (Å²) in [6.45, 7) is 3.08. The second kappa shape index (κ2) is 4.00. The van der Waals surface area contributed by atoms with E-state index in [4.69, 9.17) is 5.73 Å². The summed E-state index contributed by atoms with van der Waals surface area (Å²) in [4.78, 5) is 20.6. The number of carbonyl (C=O) groups excluding carboxylic acids is 2. The van der Waals surface area contributed by atoms with Crippen LogP contribution in [0, 0.1) is 0 Å². The van der Waals surface area contributed by atoms with Gasteiger partial charge in [-0.3, -0.25) is 9.59 Å². The zero-order valence-electron chi connectivity index (χ0n) is 6.05. The largest absolute Gasteiger partial charge is 0.345 e. The fourth-order valence-electron chi connectivity index (χ4n) is 0.374. The van der Waals surface area contributed by atoms with Crippen LogP contribution in [0.5, 0.6) is 0 Å².